The van der Waals surface area contributed by atoms with Gasteiger partial charge in [-0.3, -0.25) is 19.8 Å². The topological polar surface area (TPSA) is 75.9 Å². The highest BCUT2D eigenvalue weighted by Gasteiger charge is 2.27. The number of carbonyl (C=O) groups excluding carboxylic acids is 1. The van der Waals surface area contributed by atoms with Crippen molar-refractivity contribution in [1.82, 2.24) is 9.80 Å². The molecule has 2 rings (SSSR count). The minimum Gasteiger partial charge on any atom is -0.377 e. The van der Waals surface area contributed by atoms with E-state index in [-0.39, 0.29) is 17.4 Å². The van der Waals surface area contributed by atoms with E-state index in [1.807, 2.05) is 13.8 Å². The number of rotatable bonds is 6. The van der Waals surface area contributed by atoms with Crippen LogP contribution in [0.3, 0.4) is 0 Å². The Kier molecular flexibility index (Phi) is 6.22. The molecule has 0 aliphatic carbocycles. The molecule has 0 N–H and O–H groups in total. The van der Waals surface area contributed by atoms with Crippen molar-refractivity contribution in [3.63, 3.8) is 0 Å². The Morgan fingerprint density at radius 2 is 2.00 bits per heavy atom. The van der Waals surface area contributed by atoms with Crippen molar-refractivity contribution >= 4 is 11.6 Å². The maximum atomic E-state index is 13.4. The van der Waals surface area contributed by atoms with Crippen molar-refractivity contribution in [2.75, 3.05) is 39.3 Å². The molecule has 1 aliphatic rings. The Balaban J connectivity index is 1.96. The number of nitro groups is 1. The zero-order valence-corrected chi connectivity index (χ0v) is 13.9. The van der Waals surface area contributed by atoms with Crippen molar-refractivity contribution in [2.24, 2.45) is 0 Å². The quantitative estimate of drug-likeness (QED) is 0.585. The van der Waals surface area contributed by atoms with Gasteiger partial charge in [-0.15, -0.1) is 0 Å². The summed E-state index contributed by atoms with van der Waals surface area (Å²) in [6.07, 6.45) is 0.182. The van der Waals surface area contributed by atoms with Crippen LogP contribution in [0.4, 0.5) is 10.1 Å². The number of nitrogens with zero attached hydrogens (tertiary/aromatic N) is 3. The molecule has 24 heavy (non-hydrogen) atoms. The molecule has 0 saturated carbocycles. The smallest absolute Gasteiger partial charge is 0.282 e. The number of halogens is 1. The molecule has 0 atom stereocenters. The molecule has 1 aliphatic heterocycles. The minimum atomic E-state index is -0.661. The molecule has 0 bridgehead atoms. The number of amides is 1. The first-order valence-corrected chi connectivity index (χ1v) is 7.95. The molecule has 7 nitrogen and oxygen atoms in total. The summed E-state index contributed by atoms with van der Waals surface area (Å²) in [6, 6.07) is 2.95. The summed E-state index contributed by atoms with van der Waals surface area (Å²) in [5, 5.41) is 11.0. The first-order valence-electron chi connectivity index (χ1n) is 7.95. The maximum absolute atomic E-state index is 13.4. The van der Waals surface area contributed by atoms with E-state index in [0.29, 0.717) is 32.8 Å². The van der Waals surface area contributed by atoms with Gasteiger partial charge < -0.3 is 9.64 Å². The van der Waals surface area contributed by atoms with Crippen LogP contribution < -0.4 is 0 Å². The fourth-order valence-electron chi connectivity index (χ4n) is 2.60. The van der Waals surface area contributed by atoms with E-state index in [1.165, 1.54) is 4.90 Å². The van der Waals surface area contributed by atoms with Crippen molar-refractivity contribution in [2.45, 2.75) is 20.0 Å². The summed E-state index contributed by atoms with van der Waals surface area (Å²) < 4.78 is 18.9. The van der Waals surface area contributed by atoms with E-state index < -0.39 is 16.6 Å². The molecule has 0 spiro atoms. The molecule has 1 aromatic carbocycles. The zero-order valence-electron chi connectivity index (χ0n) is 13.9. The lowest BCUT2D eigenvalue weighted by Gasteiger charge is -2.34. The lowest BCUT2D eigenvalue weighted by atomic mass is 10.1. The summed E-state index contributed by atoms with van der Waals surface area (Å²) in [6.45, 7) is 7.58. The second-order valence-corrected chi connectivity index (χ2v) is 5.97. The number of benzene rings is 1. The molecule has 8 heteroatoms. The van der Waals surface area contributed by atoms with Crippen LogP contribution in [0.5, 0.6) is 0 Å². The minimum absolute atomic E-state index is 0.182. The molecule has 0 aromatic heterocycles. The largest absolute Gasteiger partial charge is 0.377 e. The highest BCUT2D eigenvalue weighted by Crippen LogP contribution is 2.22. The zero-order chi connectivity index (χ0) is 17.7. The molecule has 1 saturated heterocycles. The second kappa shape index (κ2) is 8.16. The Labute approximate surface area is 140 Å². The highest BCUT2D eigenvalue weighted by atomic mass is 19.1. The van der Waals surface area contributed by atoms with Crippen molar-refractivity contribution in [3.8, 4) is 0 Å². The number of carbonyl (C=O) groups is 1. The fourth-order valence-corrected chi connectivity index (χ4v) is 2.60. The third kappa shape index (κ3) is 4.72. The van der Waals surface area contributed by atoms with Crippen LogP contribution in [-0.2, 0) is 4.74 Å². The third-order valence-corrected chi connectivity index (χ3v) is 3.90. The average Bonchev–Trinajstić information content (AvgIpc) is 2.54. The highest BCUT2D eigenvalue weighted by molar-refractivity contribution is 5.98. The van der Waals surface area contributed by atoms with E-state index in [0.717, 1.165) is 24.7 Å². The van der Waals surface area contributed by atoms with Crippen molar-refractivity contribution in [3.05, 3.63) is 39.7 Å². The van der Waals surface area contributed by atoms with Crippen molar-refractivity contribution < 1.29 is 18.8 Å². The predicted molar refractivity (Wildman–Crippen MR) is 86.5 cm³/mol. The molecular formula is C16H22FN3O4. The Morgan fingerprint density at radius 3 is 2.58 bits per heavy atom. The van der Waals surface area contributed by atoms with E-state index in [9.17, 15) is 19.3 Å². The Hall–Kier alpha value is -2.06. The fraction of sp³-hybridized carbons (Fsp3) is 0.562. The van der Waals surface area contributed by atoms with E-state index in [1.54, 1.807) is 0 Å². The molecule has 0 radical (unpaired) electrons. The monoisotopic (exact) mass is 339 g/mol. The van der Waals surface area contributed by atoms with Gasteiger partial charge in [-0.25, -0.2) is 4.39 Å². The maximum Gasteiger partial charge on any atom is 0.282 e. The normalized spacial score (nSPS) is 15.8. The molecule has 1 heterocycles. The summed E-state index contributed by atoms with van der Waals surface area (Å²) in [7, 11) is 0. The first-order chi connectivity index (χ1) is 11.4. The lowest BCUT2D eigenvalue weighted by molar-refractivity contribution is -0.385. The second-order valence-electron chi connectivity index (χ2n) is 5.97. The Morgan fingerprint density at radius 1 is 1.33 bits per heavy atom. The van der Waals surface area contributed by atoms with Gasteiger partial charge in [0, 0.05) is 38.8 Å². The summed E-state index contributed by atoms with van der Waals surface area (Å²) in [4.78, 5) is 26.6. The summed E-state index contributed by atoms with van der Waals surface area (Å²) in [5.41, 5.74) is -0.564. The molecule has 0 unspecified atom stereocenters. The van der Waals surface area contributed by atoms with Gasteiger partial charge in [0.05, 0.1) is 17.6 Å². The van der Waals surface area contributed by atoms with Gasteiger partial charge in [-0.1, -0.05) is 0 Å². The number of ether oxygens (including phenoxy) is 1. The van der Waals surface area contributed by atoms with Crippen LogP contribution in [0.1, 0.15) is 24.2 Å². The van der Waals surface area contributed by atoms with E-state index in [4.69, 9.17) is 4.74 Å². The van der Waals surface area contributed by atoms with Gasteiger partial charge >= 0.3 is 0 Å². The number of piperazine rings is 1. The van der Waals surface area contributed by atoms with Crippen LogP contribution in [0.15, 0.2) is 18.2 Å². The molecular weight excluding hydrogens is 317 g/mol. The van der Waals surface area contributed by atoms with Crippen LogP contribution in [0, 0.1) is 15.9 Å². The van der Waals surface area contributed by atoms with Gasteiger partial charge in [-0.2, -0.15) is 0 Å². The Bertz CT molecular complexity index is 601. The lowest BCUT2D eigenvalue weighted by Crippen LogP contribution is -2.49. The standard InChI is InChI=1S/C16H22FN3O4/c1-12(2)24-10-9-18-5-7-19(8-6-18)16(21)14-11-13(17)3-4-15(14)20(22)23/h3-4,11-12H,5-10H2,1-2H3. The molecule has 1 aromatic rings. The molecule has 132 valence electrons. The molecule has 1 amide bonds. The van der Waals surface area contributed by atoms with Gasteiger partial charge in [0.25, 0.3) is 11.6 Å². The van der Waals surface area contributed by atoms with Crippen LogP contribution >= 0.6 is 0 Å². The summed E-state index contributed by atoms with van der Waals surface area (Å²) in [5.74, 6) is -1.16. The van der Waals surface area contributed by atoms with Crippen LogP contribution in [0.2, 0.25) is 0 Å². The average molecular weight is 339 g/mol. The summed E-state index contributed by atoms with van der Waals surface area (Å²) >= 11 is 0. The number of nitro benzene ring substituents is 1. The van der Waals surface area contributed by atoms with E-state index in [2.05, 4.69) is 4.90 Å². The molecule has 1 fully saturated rings. The van der Waals surface area contributed by atoms with Gasteiger partial charge in [0.15, 0.2) is 0 Å². The van der Waals surface area contributed by atoms with Gasteiger partial charge in [-0.05, 0) is 26.0 Å². The number of hydrogen-bond donors (Lipinski definition) is 0. The van der Waals surface area contributed by atoms with E-state index >= 15 is 0 Å². The number of hydrogen-bond acceptors (Lipinski definition) is 5. The SMILES string of the molecule is CC(C)OCCN1CCN(C(=O)c2cc(F)ccc2[N+](=O)[O-])CC1. The van der Waals surface area contributed by atoms with Gasteiger partial charge in [0.2, 0.25) is 0 Å². The van der Waals surface area contributed by atoms with Crippen LogP contribution in [-0.4, -0.2) is 66.1 Å². The third-order valence-electron chi connectivity index (χ3n) is 3.90. The predicted octanol–water partition coefficient (Wildman–Crippen LogP) is 1.92. The van der Waals surface area contributed by atoms with Crippen LogP contribution in [0.25, 0.3) is 0 Å². The van der Waals surface area contributed by atoms with Crippen molar-refractivity contribution in [1.29, 1.82) is 0 Å². The first kappa shape index (κ1) is 18.3. The van der Waals surface area contributed by atoms with Gasteiger partial charge in [0.1, 0.15) is 11.4 Å².